The Kier molecular flexibility index (Phi) is 5.45. The number of aliphatic hydroxyl groups is 1. The summed E-state index contributed by atoms with van der Waals surface area (Å²) in [4.78, 5) is 21.9. The van der Waals surface area contributed by atoms with E-state index < -0.39 is 10.9 Å². The van der Waals surface area contributed by atoms with Gasteiger partial charge in [0.05, 0.1) is 30.2 Å². The lowest BCUT2D eigenvalue weighted by atomic mass is 10.0. The number of hydrogen-bond acceptors (Lipinski definition) is 6. The molecule has 0 saturated heterocycles. The van der Waals surface area contributed by atoms with Gasteiger partial charge in [0.15, 0.2) is 0 Å². The van der Waals surface area contributed by atoms with Gasteiger partial charge < -0.3 is 15.2 Å². The summed E-state index contributed by atoms with van der Waals surface area (Å²) < 4.78 is 4.58. The molecular weight excluding hydrogens is 264 g/mol. The minimum atomic E-state index is -0.576. The largest absolute Gasteiger partial charge is 0.465 e. The van der Waals surface area contributed by atoms with Crippen molar-refractivity contribution >= 4 is 17.3 Å². The van der Waals surface area contributed by atoms with Crippen molar-refractivity contribution in [3.63, 3.8) is 0 Å². The molecule has 0 bridgehead atoms. The number of carbonyl (C=O) groups excluding carboxylic acids is 1. The lowest BCUT2D eigenvalue weighted by molar-refractivity contribution is -0.384. The molecule has 1 atom stereocenters. The Labute approximate surface area is 116 Å². The van der Waals surface area contributed by atoms with Crippen molar-refractivity contribution in [1.82, 2.24) is 0 Å². The van der Waals surface area contributed by atoms with Gasteiger partial charge in [-0.25, -0.2) is 4.79 Å². The summed E-state index contributed by atoms with van der Waals surface area (Å²) in [5.41, 5.74) is 0.239. The molecule has 0 aliphatic heterocycles. The predicted molar refractivity (Wildman–Crippen MR) is 73.8 cm³/mol. The number of aliphatic hydroxyl groups excluding tert-OH is 1. The first-order chi connectivity index (χ1) is 9.40. The molecule has 2 N–H and O–H groups in total. The summed E-state index contributed by atoms with van der Waals surface area (Å²) in [7, 11) is 1.24. The average Bonchev–Trinajstić information content (AvgIpc) is 2.42. The standard InChI is InChI=1S/C13H18N2O5/c1-8(2)11(7-16)14-10-6-9(13(17)20-3)4-5-12(10)15(18)19/h4-6,8,11,14,16H,7H2,1-3H3/t11-/m1/s1. The maximum absolute atomic E-state index is 11.5. The zero-order valence-corrected chi connectivity index (χ0v) is 11.6. The second-order valence-electron chi connectivity index (χ2n) is 4.66. The number of benzene rings is 1. The number of methoxy groups -OCH3 is 1. The van der Waals surface area contributed by atoms with E-state index in [0.717, 1.165) is 0 Å². The molecule has 0 aliphatic carbocycles. The van der Waals surface area contributed by atoms with Gasteiger partial charge in [0, 0.05) is 6.07 Å². The van der Waals surface area contributed by atoms with Crippen LogP contribution in [-0.2, 0) is 4.74 Å². The van der Waals surface area contributed by atoms with E-state index in [2.05, 4.69) is 10.1 Å². The molecule has 0 spiro atoms. The molecule has 0 unspecified atom stereocenters. The topological polar surface area (TPSA) is 102 Å². The molecule has 0 aliphatic rings. The van der Waals surface area contributed by atoms with Crippen molar-refractivity contribution in [2.75, 3.05) is 19.0 Å². The number of nitrogens with zero attached hydrogens (tertiary/aromatic N) is 1. The fourth-order valence-corrected chi connectivity index (χ4v) is 1.68. The molecule has 0 amide bonds. The van der Waals surface area contributed by atoms with Crippen LogP contribution in [0, 0.1) is 16.0 Å². The quantitative estimate of drug-likeness (QED) is 0.468. The highest BCUT2D eigenvalue weighted by Gasteiger charge is 2.21. The van der Waals surface area contributed by atoms with Crippen LogP contribution in [0.4, 0.5) is 11.4 Å². The van der Waals surface area contributed by atoms with E-state index in [-0.39, 0.29) is 35.5 Å². The van der Waals surface area contributed by atoms with Crippen LogP contribution in [0.3, 0.4) is 0 Å². The van der Waals surface area contributed by atoms with Crippen molar-refractivity contribution in [1.29, 1.82) is 0 Å². The second-order valence-corrected chi connectivity index (χ2v) is 4.66. The molecule has 20 heavy (non-hydrogen) atoms. The molecule has 1 aromatic carbocycles. The maximum Gasteiger partial charge on any atom is 0.337 e. The summed E-state index contributed by atoms with van der Waals surface area (Å²) in [5.74, 6) is -0.505. The van der Waals surface area contributed by atoms with E-state index >= 15 is 0 Å². The SMILES string of the molecule is COC(=O)c1ccc([N+](=O)[O-])c(N[C@H](CO)C(C)C)c1. The Morgan fingerprint density at radius 1 is 1.50 bits per heavy atom. The third-order valence-electron chi connectivity index (χ3n) is 2.96. The minimum absolute atomic E-state index is 0.0707. The van der Waals surface area contributed by atoms with Crippen LogP contribution in [-0.4, -0.2) is 35.8 Å². The van der Waals surface area contributed by atoms with Gasteiger partial charge in [-0.2, -0.15) is 0 Å². The van der Waals surface area contributed by atoms with Crippen molar-refractivity contribution in [3.8, 4) is 0 Å². The summed E-state index contributed by atoms with van der Waals surface area (Å²) in [6, 6.07) is 3.58. The molecule has 0 aromatic heterocycles. The predicted octanol–water partition coefficient (Wildman–Crippen LogP) is 1.81. The molecule has 0 saturated carbocycles. The lowest BCUT2D eigenvalue weighted by Crippen LogP contribution is -2.29. The molecule has 110 valence electrons. The maximum atomic E-state index is 11.5. The Hall–Kier alpha value is -2.15. The number of esters is 1. The third-order valence-corrected chi connectivity index (χ3v) is 2.96. The Bertz CT molecular complexity index is 502. The number of anilines is 1. The van der Waals surface area contributed by atoms with E-state index in [1.54, 1.807) is 0 Å². The van der Waals surface area contributed by atoms with Gasteiger partial charge in [0.1, 0.15) is 5.69 Å². The number of carbonyl (C=O) groups is 1. The fourth-order valence-electron chi connectivity index (χ4n) is 1.68. The summed E-state index contributed by atoms with van der Waals surface area (Å²) >= 11 is 0. The van der Waals surface area contributed by atoms with Gasteiger partial charge >= 0.3 is 5.97 Å². The normalized spacial score (nSPS) is 12.1. The minimum Gasteiger partial charge on any atom is -0.465 e. The average molecular weight is 282 g/mol. The van der Waals surface area contributed by atoms with Crippen molar-refractivity contribution in [2.24, 2.45) is 5.92 Å². The summed E-state index contributed by atoms with van der Waals surface area (Å²) in [6.45, 7) is 3.59. The fraction of sp³-hybridized carbons (Fsp3) is 0.462. The second kappa shape index (κ2) is 6.85. The summed E-state index contributed by atoms with van der Waals surface area (Å²) in [6.07, 6.45) is 0. The van der Waals surface area contributed by atoms with Crippen molar-refractivity contribution in [2.45, 2.75) is 19.9 Å². The highest BCUT2D eigenvalue weighted by atomic mass is 16.6. The van der Waals surface area contributed by atoms with E-state index in [9.17, 15) is 20.0 Å². The number of ether oxygens (including phenoxy) is 1. The van der Waals surface area contributed by atoms with E-state index in [4.69, 9.17) is 0 Å². The lowest BCUT2D eigenvalue weighted by Gasteiger charge is -2.21. The third kappa shape index (κ3) is 3.67. The Balaban J connectivity index is 3.18. The number of nitro benzene ring substituents is 1. The smallest absolute Gasteiger partial charge is 0.337 e. The summed E-state index contributed by atoms with van der Waals surface area (Å²) in [5, 5.41) is 23.2. The van der Waals surface area contributed by atoms with Crippen LogP contribution in [0.2, 0.25) is 0 Å². The number of rotatable bonds is 6. The zero-order valence-electron chi connectivity index (χ0n) is 11.6. The van der Waals surface area contributed by atoms with Crippen LogP contribution >= 0.6 is 0 Å². The highest BCUT2D eigenvalue weighted by Crippen LogP contribution is 2.27. The molecular formula is C13H18N2O5. The van der Waals surface area contributed by atoms with Crippen LogP contribution in [0.1, 0.15) is 24.2 Å². The van der Waals surface area contributed by atoms with Gasteiger partial charge in [-0.1, -0.05) is 13.8 Å². The van der Waals surface area contributed by atoms with Crippen LogP contribution in [0.15, 0.2) is 18.2 Å². The first-order valence-corrected chi connectivity index (χ1v) is 6.14. The van der Waals surface area contributed by atoms with Gasteiger partial charge in [-0.3, -0.25) is 10.1 Å². The molecule has 1 aromatic rings. The molecule has 0 heterocycles. The molecule has 1 rings (SSSR count). The monoisotopic (exact) mass is 282 g/mol. The van der Waals surface area contributed by atoms with E-state index in [0.29, 0.717) is 0 Å². The van der Waals surface area contributed by atoms with E-state index in [1.165, 1.54) is 25.3 Å². The van der Waals surface area contributed by atoms with Crippen LogP contribution in [0.25, 0.3) is 0 Å². The van der Waals surface area contributed by atoms with Crippen molar-refractivity contribution in [3.05, 3.63) is 33.9 Å². The van der Waals surface area contributed by atoms with E-state index in [1.807, 2.05) is 13.8 Å². The van der Waals surface area contributed by atoms with Crippen LogP contribution in [0.5, 0.6) is 0 Å². The highest BCUT2D eigenvalue weighted by molar-refractivity contribution is 5.91. The molecule has 7 heteroatoms. The van der Waals surface area contributed by atoms with Crippen molar-refractivity contribution < 1.29 is 19.6 Å². The first-order valence-electron chi connectivity index (χ1n) is 6.14. The van der Waals surface area contributed by atoms with Crippen LogP contribution < -0.4 is 5.32 Å². The number of nitrogens with one attached hydrogen (secondary N) is 1. The Morgan fingerprint density at radius 2 is 2.15 bits per heavy atom. The first kappa shape index (κ1) is 15.9. The molecule has 0 fully saturated rings. The van der Waals surface area contributed by atoms with Gasteiger partial charge in [-0.15, -0.1) is 0 Å². The van der Waals surface area contributed by atoms with Gasteiger partial charge in [0.2, 0.25) is 0 Å². The molecule has 7 nitrogen and oxygen atoms in total. The van der Waals surface area contributed by atoms with Gasteiger partial charge in [0.25, 0.3) is 5.69 Å². The zero-order chi connectivity index (χ0) is 15.3. The molecule has 0 radical (unpaired) electrons. The number of nitro groups is 1. The Morgan fingerprint density at radius 3 is 2.60 bits per heavy atom. The van der Waals surface area contributed by atoms with Gasteiger partial charge in [-0.05, 0) is 18.1 Å². The number of hydrogen-bond donors (Lipinski definition) is 2.